The van der Waals surface area contributed by atoms with Crippen LogP contribution in [0.2, 0.25) is 0 Å². The van der Waals surface area contributed by atoms with Crippen molar-refractivity contribution in [1.29, 1.82) is 0 Å². The van der Waals surface area contributed by atoms with Gasteiger partial charge in [0.25, 0.3) is 0 Å². The van der Waals surface area contributed by atoms with Gasteiger partial charge in [-0.05, 0) is 66.6 Å². The molecule has 1 heterocycles. The van der Waals surface area contributed by atoms with Crippen molar-refractivity contribution in [3.63, 3.8) is 0 Å². The van der Waals surface area contributed by atoms with E-state index in [4.69, 9.17) is 9.47 Å². The predicted octanol–water partition coefficient (Wildman–Crippen LogP) is 4.17. The van der Waals surface area contributed by atoms with E-state index >= 15 is 0 Å². The number of hydrogen-bond donors (Lipinski definition) is 1. The number of anilines is 1. The van der Waals surface area contributed by atoms with E-state index in [1.165, 1.54) is 12.8 Å². The first-order valence-corrected chi connectivity index (χ1v) is 9.08. The summed E-state index contributed by atoms with van der Waals surface area (Å²) in [7, 11) is 0. The van der Waals surface area contributed by atoms with Gasteiger partial charge in [-0.1, -0.05) is 13.8 Å². The van der Waals surface area contributed by atoms with Crippen molar-refractivity contribution < 1.29 is 14.3 Å². The van der Waals surface area contributed by atoms with Crippen LogP contribution in [0, 0.1) is 5.92 Å². The summed E-state index contributed by atoms with van der Waals surface area (Å²) in [5.74, 6) is 1.60. The predicted molar refractivity (Wildman–Crippen MR) is 93.7 cm³/mol. The van der Waals surface area contributed by atoms with Crippen LogP contribution in [-0.2, 0) is 9.53 Å². The Morgan fingerprint density at radius 1 is 1.35 bits per heavy atom. The molecule has 1 fully saturated rings. The minimum Gasteiger partial charge on any atom is -0.477 e. The fourth-order valence-electron chi connectivity index (χ4n) is 2.36. The Morgan fingerprint density at radius 2 is 2.04 bits per heavy atom. The van der Waals surface area contributed by atoms with E-state index in [-0.39, 0.29) is 5.97 Å². The van der Waals surface area contributed by atoms with Gasteiger partial charge in [0.1, 0.15) is 11.4 Å². The molecule has 1 aliphatic rings. The van der Waals surface area contributed by atoms with Crippen LogP contribution in [0.1, 0.15) is 46.5 Å². The first-order valence-electron chi connectivity index (χ1n) is 8.29. The van der Waals surface area contributed by atoms with Crippen LogP contribution >= 0.6 is 15.9 Å². The molecule has 23 heavy (non-hydrogen) atoms. The average Bonchev–Trinajstić information content (AvgIpc) is 3.37. The molecule has 1 saturated carbocycles. The molecule has 6 heteroatoms. The monoisotopic (exact) mass is 384 g/mol. The first kappa shape index (κ1) is 18.0. The highest BCUT2D eigenvalue weighted by molar-refractivity contribution is 9.10. The summed E-state index contributed by atoms with van der Waals surface area (Å²) in [5.41, 5.74) is -0.759. The second kappa shape index (κ2) is 7.99. The van der Waals surface area contributed by atoms with Gasteiger partial charge in [0, 0.05) is 0 Å². The molecule has 1 aromatic rings. The standard InChI is InChI=1S/C17H25BrN2O3/c1-4-17(5-2,16(21)22-6-3)20-14-10-9-13(18)15(19-14)23-11-12-7-8-12/h9-10,12H,4-8,11H2,1-3H3,(H,19,20). The zero-order valence-electron chi connectivity index (χ0n) is 14.0. The molecule has 0 aromatic carbocycles. The van der Waals surface area contributed by atoms with E-state index < -0.39 is 5.54 Å². The zero-order chi connectivity index (χ0) is 16.9. The summed E-state index contributed by atoms with van der Waals surface area (Å²) in [5, 5.41) is 3.26. The van der Waals surface area contributed by atoms with Gasteiger partial charge in [-0.25, -0.2) is 4.79 Å². The maximum atomic E-state index is 12.4. The highest BCUT2D eigenvalue weighted by Gasteiger charge is 2.37. The fourth-order valence-corrected chi connectivity index (χ4v) is 2.69. The summed E-state index contributed by atoms with van der Waals surface area (Å²) < 4.78 is 11.8. The van der Waals surface area contributed by atoms with Crippen LogP contribution < -0.4 is 10.1 Å². The highest BCUT2D eigenvalue weighted by atomic mass is 79.9. The topological polar surface area (TPSA) is 60.5 Å². The first-order chi connectivity index (χ1) is 11.0. The molecule has 0 saturated heterocycles. The van der Waals surface area contributed by atoms with Gasteiger partial charge >= 0.3 is 5.97 Å². The van der Waals surface area contributed by atoms with Crippen LogP contribution in [0.4, 0.5) is 5.82 Å². The van der Waals surface area contributed by atoms with E-state index in [2.05, 4.69) is 26.2 Å². The number of halogens is 1. The number of hydrogen-bond acceptors (Lipinski definition) is 5. The number of carbonyl (C=O) groups is 1. The number of aromatic nitrogens is 1. The van der Waals surface area contributed by atoms with Crippen LogP contribution in [0.25, 0.3) is 0 Å². The molecule has 2 rings (SSSR count). The minimum atomic E-state index is -0.759. The number of rotatable bonds is 9. The molecular formula is C17H25BrN2O3. The van der Waals surface area contributed by atoms with Crippen molar-refractivity contribution in [2.24, 2.45) is 5.92 Å². The van der Waals surface area contributed by atoms with Gasteiger partial charge in [-0.15, -0.1) is 0 Å². The molecule has 1 aliphatic carbocycles. The van der Waals surface area contributed by atoms with Crippen LogP contribution in [0.15, 0.2) is 16.6 Å². The number of carbonyl (C=O) groups excluding carboxylic acids is 1. The summed E-state index contributed by atoms with van der Waals surface area (Å²) in [6.07, 6.45) is 3.71. The van der Waals surface area contributed by atoms with Crippen molar-refractivity contribution in [3.05, 3.63) is 16.6 Å². The average molecular weight is 385 g/mol. The molecule has 0 spiro atoms. The Bertz CT molecular complexity index is 543. The number of nitrogens with zero attached hydrogens (tertiary/aromatic N) is 1. The van der Waals surface area contributed by atoms with E-state index in [1.807, 2.05) is 32.9 Å². The van der Waals surface area contributed by atoms with Gasteiger partial charge in [0.05, 0.1) is 17.7 Å². The fraction of sp³-hybridized carbons (Fsp3) is 0.647. The van der Waals surface area contributed by atoms with Gasteiger partial charge < -0.3 is 14.8 Å². The molecule has 0 bridgehead atoms. The maximum absolute atomic E-state index is 12.4. The van der Waals surface area contributed by atoms with Crippen LogP contribution in [0.5, 0.6) is 5.88 Å². The molecule has 1 N–H and O–H groups in total. The smallest absolute Gasteiger partial charge is 0.331 e. The molecule has 128 valence electrons. The lowest BCUT2D eigenvalue weighted by atomic mass is 9.93. The molecule has 5 nitrogen and oxygen atoms in total. The molecule has 0 amide bonds. The quantitative estimate of drug-likeness (QED) is 0.647. The number of nitrogens with one attached hydrogen (secondary N) is 1. The highest BCUT2D eigenvalue weighted by Crippen LogP contribution is 2.32. The van der Waals surface area contributed by atoms with Crippen molar-refractivity contribution in [2.75, 3.05) is 18.5 Å². The van der Waals surface area contributed by atoms with Gasteiger partial charge in [0.15, 0.2) is 0 Å². The lowest BCUT2D eigenvalue weighted by molar-refractivity contribution is -0.148. The third-order valence-corrected chi connectivity index (χ3v) is 4.81. The number of pyridine rings is 1. The van der Waals surface area contributed by atoms with E-state index in [9.17, 15) is 4.79 Å². The SMILES string of the molecule is CCOC(=O)C(CC)(CC)Nc1ccc(Br)c(OCC2CC2)n1. The summed E-state index contributed by atoms with van der Waals surface area (Å²) in [4.78, 5) is 16.9. The minimum absolute atomic E-state index is 0.241. The largest absolute Gasteiger partial charge is 0.477 e. The Labute approximate surface area is 146 Å². The van der Waals surface area contributed by atoms with E-state index in [1.54, 1.807) is 0 Å². The van der Waals surface area contributed by atoms with Crippen molar-refractivity contribution in [2.45, 2.75) is 52.0 Å². The van der Waals surface area contributed by atoms with Crippen molar-refractivity contribution in [3.8, 4) is 5.88 Å². The molecule has 0 atom stereocenters. The van der Waals surface area contributed by atoms with Gasteiger partial charge in [-0.3, -0.25) is 0 Å². The van der Waals surface area contributed by atoms with E-state index in [0.717, 1.165) is 4.47 Å². The zero-order valence-corrected chi connectivity index (χ0v) is 15.6. The summed E-state index contributed by atoms with van der Waals surface area (Å²) >= 11 is 3.46. The van der Waals surface area contributed by atoms with E-state index in [0.29, 0.717) is 43.7 Å². The second-order valence-corrected chi connectivity index (χ2v) is 6.73. The second-order valence-electron chi connectivity index (χ2n) is 5.87. The van der Waals surface area contributed by atoms with Crippen LogP contribution in [0.3, 0.4) is 0 Å². The summed E-state index contributed by atoms with van der Waals surface area (Å²) in [6.45, 7) is 6.81. The Morgan fingerprint density at radius 3 is 2.61 bits per heavy atom. The van der Waals surface area contributed by atoms with Crippen molar-refractivity contribution in [1.82, 2.24) is 4.98 Å². The Kier molecular flexibility index (Phi) is 6.27. The number of esters is 1. The third-order valence-electron chi connectivity index (χ3n) is 4.21. The third kappa shape index (κ3) is 4.59. The molecule has 0 radical (unpaired) electrons. The van der Waals surface area contributed by atoms with Crippen molar-refractivity contribution >= 4 is 27.7 Å². The van der Waals surface area contributed by atoms with Gasteiger partial charge in [-0.2, -0.15) is 4.98 Å². The Hall–Kier alpha value is -1.30. The molecule has 0 unspecified atom stereocenters. The number of ether oxygens (including phenoxy) is 2. The normalized spacial score (nSPS) is 14.4. The molecule has 1 aromatic heterocycles. The lowest BCUT2D eigenvalue weighted by Gasteiger charge is -2.30. The maximum Gasteiger partial charge on any atom is 0.331 e. The van der Waals surface area contributed by atoms with Gasteiger partial charge in [0.2, 0.25) is 5.88 Å². The Balaban J connectivity index is 2.15. The molecular weight excluding hydrogens is 360 g/mol. The summed E-state index contributed by atoms with van der Waals surface area (Å²) in [6, 6.07) is 3.73. The van der Waals surface area contributed by atoms with Crippen LogP contribution in [-0.4, -0.2) is 29.7 Å². The molecule has 0 aliphatic heterocycles. The lowest BCUT2D eigenvalue weighted by Crippen LogP contribution is -2.46.